The first kappa shape index (κ1) is 12.6. The van der Waals surface area contributed by atoms with Crippen LogP contribution >= 0.6 is 0 Å². The lowest BCUT2D eigenvalue weighted by Gasteiger charge is -2.29. The van der Waals surface area contributed by atoms with E-state index in [-0.39, 0.29) is 0 Å². The first-order valence-electron chi connectivity index (χ1n) is 6.70. The van der Waals surface area contributed by atoms with Gasteiger partial charge in [-0.15, -0.1) is 0 Å². The summed E-state index contributed by atoms with van der Waals surface area (Å²) in [7, 11) is 0. The molecule has 94 valence electrons. The molecule has 1 aliphatic carbocycles. The molecule has 17 heavy (non-hydrogen) atoms. The Morgan fingerprint density at radius 1 is 1.18 bits per heavy atom. The third-order valence-electron chi connectivity index (χ3n) is 3.74. The molecule has 1 aromatic rings. The maximum Gasteiger partial charge on any atom is 0.0992 e. The van der Waals surface area contributed by atoms with Gasteiger partial charge in [-0.3, -0.25) is 0 Å². The molecule has 1 saturated carbocycles. The van der Waals surface area contributed by atoms with Crippen LogP contribution in [0, 0.1) is 0 Å². The Morgan fingerprint density at radius 2 is 1.82 bits per heavy atom. The number of nitrogens with one attached hydrogen (secondary N) is 1. The normalized spacial score (nSPS) is 21.1. The van der Waals surface area contributed by atoms with E-state index in [2.05, 4.69) is 5.32 Å². The monoisotopic (exact) mass is 233 g/mol. The second-order valence-electron chi connectivity index (χ2n) is 5.36. The molecule has 0 bridgehead atoms. The minimum Gasteiger partial charge on any atom is -0.384 e. The van der Waals surface area contributed by atoms with Crippen molar-refractivity contribution in [1.29, 1.82) is 0 Å². The topological polar surface area (TPSA) is 32.3 Å². The number of benzene rings is 1. The molecule has 1 fully saturated rings. The van der Waals surface area contributed by atoms with E-state index in [0.717, 1.165) is 5.56 Å². The van der Waals surface area contributed by atoms with Gasteiger partial charge in [0, 0.05) is 12.6 Å². The molecule has 2 rings (SSSR count). The van der Waals surface area contributed by atoms with Crippen molar-refractivity contribution in [2.75, 3.05) is 6.54 Å². The number of aliphatic hydroxyl groups is 1. The lowest BCUT2D eigenvalue weighted by molar-refractivity contribution is 0.0522. The van der Waals surface area contributed by atoms with Gasteiger partial charge in [-0.2, -0.15) is 0 Å². The molecular formula is C15H23NO. The second kappa shape index (κ2) is 5.65. The molecule has 2 N–H and O–H groups in total. The zero-order valence-corrected chi connectivity index (χ0v) is 10.7. The molecule has 0 aromatic heterocycles. The molecule has 0 spiro atoms. The van der Waals surface area contributed by atoms with Gasteiger partial charge in [-0.1, -0.05) is 49.6 Å². The molecule has 2 heteroatoms. The third-order valence-corrected chi connectivity index (χ3v) is 3.74. The Bertz CT molecular complexity index is 328. The SMILES string of the molecule is C[C@@](O)(CNC1CCCCC1)c1ccccc1. The maximum atomic E-state index is 10.5. The second-order valence-corrected chi connectivity index (χ2v) is 5.36. The minimum absolute atomic E-state index is 0.596. The molecule has 0 heterocycles. The van der Waals surface area contributed by atoms with Crippen LogP contribution in [0.1, 0.15) is 44.6 Å². The van der Waals surface area contributed by atoms with E-state index in [0.29, 0.717) is 12.6 Å². The van der Waals surface area contributed by atoms with Crippen molar-refractivity contribution in [1.82, 2.24) is 5.32 Å². The van der Waals surface area contributed by atoms with Crippen molar-refractivity contribution in [2.45, 2.75) is 50.7 Å². The average Bonchev–Trinajstić information content (AvgIpc) is 2.39. The van der Waals surface area contributed by atoms with Crippen molar-refractivity contribution in [3.63, 3.8) is 0 Å². The Labute approximate surface area is 104 Å². The molecular weight excluding hydrogens is 210 g/mol. The summed E-state index contributed by atoms with van der Waals surface area (Å²) in [5, 5.41) is 14.0. The largest absolute Gasteiger partial charge is 0.384 e. The predicted molar refractivity (Wildman–Crippen MR) is 70.9 cm³/mol. The van der Waals surface area contributed by atoms with Gasteiger partial charge < -0.3 is 10.4 Å². The van der Waals surface area contributed by atoms with Gasteiger partial charge in [0.1, 0.15) is 0 Å². The summed E-state index contributed by atoms with van der Waals surface area (Å²) in [6.07, 6.45) is 6.53. The molecule has 0 aliphatic heterocycles. The van der Waals surface area contributed by atoms with Crippen molar-refractivity contribution in [3.8, 4) is 0 Å². The highest BCUT2D eigenvalue weighted by atomic mass is 16.3. The summed E-state index contributed by atoms with van der Waals surface area (Å²) in [6, 6.07) is 10.5. The highest BCUT2D eigenvalue weighted by molar-refractivity contribution is 5.21. The lowest BCUT2D eigenvalue weighted by atomic mass is 9.92. The number of rotatable bonds is 4. The minimum atomic E-state index is -0.765. The first-order chi connectivity index (χ1) is 8.18. The summed E-state index contributed by atoms with van der Waals surface area (Å²) < 4.78 is 0. The van der Waals surface area contributed by atoms with Gasteiger partial charge in [0.25, 0.3) is 0 Å². The van der Waals surface area contributed by atoms with Gasteiger partial charge in [0.05, 0.1) is 5.60 Å². The molecule has 1 atom stereocenters. The Kier molecular flexibility index (Phi) is 4.19. The van der Waals surface area contributed by atoms with Gasteiger partial charge in [0.15, 0.2) is 0 Å². The Morgan fingerprint density at radius 3 is 2.47 bits per heavy atom. The standard InChI is InChI=1S/C15H23NO/c1-15(17,13-8-4-2-5-9-13)12-16-14-10-6-3-7-11-14/h2,4-5,8-9,14,16-17H,3,6-7,10-12H2,1H3/t15-/m1/s1. The van der Waals surface area contributed by atoms with Crippen molar-refractivity contribution in [2.24, 2.45) is 0 Å². The molecule has 2 nitrogen and oxygen atoms in total. The van der Waals surface area contributed by atoms with Crippen LogP contribution in [-0.4, -0.2) is 17.7 Å². The molecule has 1 aromatic carbocycles. The summed E-state index contributed by atoms with van der Waals surface area (Å²) in [4.78, 5) is 0. The number of hydrogen-bond acceptors (Lipinski definition) is 2. The summed E-state index contributed by atoms with van der Waals surface area (Å²) in [5.41, 5.74) is 0.224. The lowest BCUT2D eigenvalue weighted by Crippen LogP contribution is -2.41. The van der Waals surface area contributed by atoms with Crippen LogP contribution in [0.25, 0.3) is 0 Å². The number of hydrogen-bond donors (Lipinski definition) is 2. The van der Waals surface area contributed by atoms with E-state index in [4.69, 9.17) is 0 Å². The van der Waals surface area contributed by atoms with E-state index in [1.807, 2.05) is 37.3 Å². The van der Waals surface area contributed by atoms with Gasteiger partial charge in [0.2, 0.25) is 0 Å². The van der Waals surface area contributed by atoms with E-state index >= 15 is 0 Å². The maximum absolute atomic E-state index is 10.5. The van der Waals surface area contributed by atoms with E-state index in [9.17, 15) is 5.11 Å². The smallest absolute Gasteiger partial charge is 0.0992 e. The Balaban J connectivity index is 1.88. The highest BCUT2D eigenvalue weighted by Gasteiger charge is 2.24. The van der Waals surface area contributed by atoms with Crippen LogP contribution < -0.4 is 5.32 Å². The van der Waals surface area contributed by atoms with E-state index < -0.39 is 5.60 Å². The van der Waals surface area contributed by atoms with Crippen molar-refractivity contribution >= 4 is 0 Å². The molecule has 0 radical (unpaired) electrons. The Hall–Kier alpha value is -0.860. The fraction of sp³-hybridized carbons (Fsp3) is 0.600. The third kappa shape index (κ3) is 3.55. The van der Waals surface area contributed by atoms with Crippen molar-refractivity contribution in [3.05, 3.63) is 35.9 Å². The first-order valence-corrected chi connectivity index (χ1v) is 6.70. The average molecular weight is 233 g/mol. The van der Waals surface area contributed by atoms with E-state index in [1.54, 1.807) is 0 Å². The van der Waals surface area contributed by atoms with Gasteiger partial charge in [-0.05, 0) is 25.3 Å². The molecule has 0 unspecified atom stereocenters. The van der Waals surface area contributed by atoms with E-state index in [1.165, 1.54) is 32.1 Å². The predicted octanol–water partition coefficient (Wildman–Crippen LogP) is 2.82. The summed E-state index contributed by atoms with van der Waals surface area (Å²) >= 11 is 0. The fourth-order valence-corrected chi connectivity index (χ4v) is 2.55. The zero-order valence-electron chi connectivity index (χ0n) is 10.7. The zero-order chi connectivity index (χ0) is 12.1. The molecule has 0 amide bonds. The molecule has 1 aliphatic rings. The van der Waals surface area contributed by atoms with Crippen LogP contribution in [0.3, 0.4) is 0 Å². The van der Waals surface area contributed by atoms with Crippen LogP contribution in [0.2, 0.25) is 0 Å². The van der Waals surface area contributed by atoms with Crippen LogP contribution in [0.15, 0.2) is 30.3 Å². The quantitative estimate of drug-likeness (QED) is 0.838. The van der Waals surface area contributed by atoms with Crippen LogP contribution in [-0.2, 0) is 5.60 Å². The summed E-state index contributed by atoms with van der Waals surface area (Å²) in [6.45, 7) is 2.53. The van der Waals surface area contributed by atoms with Gasteiger partial charge >= 0.3 is 0 Å². The van der Waals surface area contributed by atoms with Crippen molar-refractivity contribution < 1.29 is 5.11 Å². The highest BCUT2D eigenvalue weighted by Crippen LogP contribution is 2.22. The molecule has 0 saturated heterocycles. The van der Waals surface area contributed by atoms with Crippen LogP contribution in [0.5, 0.6) is 0 Å². The van der Waals surface area contributed by atoms with Gasteiger partial charge in [-0.25, -0.2) is 0 Å². The summed E-state index contributed by atoms with van der Waals surface area (Å²) in [5.74, 6) is 0. The fourth-order valence-electron chi connectivity index (χ4n) is 2.55. The van der Waals surface area contributed by atoms with Crippen LogP contribution in [0.4, 0.5) is 0 Å².